The fraction of sp³-hybridized carbons (Fsp3) is 0.409. The average Bonchev–Trinajstić information content (AvgIpc) is 3.34. The number of fused-ring (bicyclic) bond motifs is 2. The molecule has 0 bridgehead atoms. The summed E-state index contributed by atoms with van der Waals surface area (Å²) in [7, 11) is 0. The van der Waals surface area contributed by atoms with Crippen LogP contribution < -0.4 is 10.1 Å². The van der Waals surface area contributed by atoms with E-state index >= 15 is 0 Å². The molecule has 5 atom stereocenters. The lowest BCUT2D eigenvalue weighted by molar-refractivity contribution is -0.141. The summed E-state index contributed by atoms with van der Waals surface area (Å²) in [4.78, 5) is 12.3. The minimum absolute atomic E-state index is 0.0319. The minimum Gasteiger partial charge on any atom is -0.457 e. The van der Waals surface area contributed by atoms with Crippen molar-refractivity contribution >= 4 is 5.91 Å². The third-order valence-electron chi connectivity index (χ3n) is 5.87. The molecular weight excluding hydrogens is 418 g/mol. The van der Waals surface area contributed by atoms with Gasteiger partial charge in [0.2, 0.25) is 6.29 Å². The molecule has 2 aliphatic heterocycles. The van der Waals surface area contributed by atoms with E-state index in [1.54, 1.807) is 12.1 Å². The Hall–Kier alpha value is -2.65. The molecule has 2 unspecified atom stereocenters. The van der Waals surface area contributed by atoms with Gasteiger partial charge in [-0.3, -0.25) is 4.79 Å². The summed E-state index contributed by atoms with van der Waals surface area (Å²) in [5.41, 5.74) is 0.820. The molecular formula is C22H19F4NO4. The maximum atomic E-state index is 14.0. The summed E-state index contributed by atoms with van der Waals surface area (Å²) in [6.45, 7) is 1.17. The van der Waals surface area contributed by atoms with Crippen LogP contribution in [0.1, 0.15) is 47.7 Å². The van der Waals surface area contributed by atoms with Gasteiger partial charge in [-0.05, 0) is 61.2 Å². The Morgan fingerprint density at radius 1 is 1.16 bits per heavy atom. The quantitative estimate of drug-likeness (QED) is 0.554. The van der Waals surface area contributed by atoms with Crippen molar-refractivity contribution in [3.8, 4) is 11.5 Å². The van der Waals surface area contributed by atoms with E-state index < -0.39 is 30.3 Å². The summed E-state index contributed by atoms with van der Waals surface area (Å²) < 4.78 is 69.6. The van der Waals surface area contributed by atoms with E-state index in [4.69, 9.17) is 14.2 Å². The Bertz CT molecular complexity index is 1040. The first-order valence-electron chi connectivity index (χ1n) is 9.98. The van der Waals surface area contributed by atoms with Crippen LogP contribution in [0, 0.1) is 0 Å². The van der Waals surface area contributed by atoms with E-state index in [2.05, 4.69) is 5.32 Å². The van der Waals surface area contributed by atoms with Crippen LogP contribution >= 0.6 is 0 Å². The molecule has 2 heterocycles. The zero-order valence-corrected chi connectivity index (χ0v) is 16.4. The van der Waals surface area contributed by atoms with E-state index in [1.165, 1.54) is 6.92 Å². The molecule has 1 amide bonds. The van der Waals surface area contributed by atoms with Crippen LogP contribution in [0.2, 0.25) is 0 Å². The normalized spacial score (nSPS) is 27.8. The molecule has 5 nitrogen and oxygen atoms in total. The van der Waals surface area contributed by atoms with Crippen molar-refractivity contribution in [2.45, 2.75) is 56.7 Å². The molecule has 31 heavy (non-hydrogen) atoms. The highest BCUT2D eigenvalue weighted by Gasteiger charge is 2.52. The number of epoxide rings is 1. The fourth-order valence-electron chi connectivity index (χ4n) is 4.27. The van der Waals surface area contributed by atoms with Gasteiger partial charge in [0, 0.05) is 11.5 Å². The average molecular weight is 437 g/mol. The third kappa shape index (κ3) is 3.76. The summed E-state index contributed by atoms with van der Waals surface area (Å²) in [6.07, 6.45) is -6.17. The van der Waals surface area contributed by atoms with Gasteiger partial charge in [-0.15, -0.1) is 0 Å². The summed E-state index contributed by atoms with van der Waals surface area (Å²) in [5, 5.41) is 2.76. The summed E-state index contributed by atoms with van der Waals surface area (Å²) >= 11 is 0. The van der Waals surface area contributed by atoms with E-state index in [0.29, 0.717) is 18.6 Å². The van der Waals surface area contributed by atoms with E-state index in [0.717, 1.165) is 29.3 Å². The van der Waals surface area contributed by atoms with Crippen LogP contribution in [0.4, 0.5) is 17.6 Å². The van der Waals surface area contributed by atoms with Gasteiger partial charge in [-0.2, -0.15) is 13.2 Å². The SMILES string of the molecule is C[C@H](F)c1cc(C(F)(F)F)ccc1Oc1ccc2c(c1)CC[C@H]2[C@@H]1OC2OC2NC1=O. The highest BCUT2D eigenvalue weighted by molar-refractivity contribution is 5.83. The van der Waals surface area contributed by atoms with Gasteiger partial charge in [0.05, 0.1) is 5.56 Å². The largest absolute Gasteiger partial charge is 0.457 e. The first-order valence-corrected chi connectivity index (χ1v) is 9.98. The summed E-state index contributed by atoms with van der Waals surface area (Å²) in [5.74, 6) is 0.0926. The van der Waals surface area contributed by atoms with E-state index in [9.17, 15) is 22.4 Å². The topological polar surface area (TPSA) is 60.1 Å². The number of rotatable bonds is 4. The molecule has 0 spiro atoms. The number of ether oxygens (including phenoxy) is 3. The van der Waals surface area contributed by atoms with Gasteiger partial charge >= 0.3 is 6.18 Å². The van der Waals surface area contributed by atoms with Gasteiger partial charge < -0.3 is 19.5 Å². The first-order chi connectivity index (χ1) is 14.7. The molecule has 0 aromatic heterocycles. The number of aryl methyl sites for hydroxylation is 1. The number of halogens is 4. The van der Waals surface area contributed by atoms with Crippen molar-refractivity contribution < 1.29 is 36.6 Å². The zero-order chi connectivity index (χ0) is 21.9. The summed E-state index contributed by atoms with van der Waals surface area (Å²) in [6, 6.07) is 8.04. The van der Waals surface area contributed by atoms with Crippen molar-refractivity contribution in [3.63, 3.8) is 0 Å². The van der Waals surface area contributed by atoms with Crippen LogP contribution in [-0.4, -0.2) is 24.5 Å². The number of carbonyl (C=O) groups excluding carboxylic acids is 1. The molecule has 9 heteroatoms. The lowest BCUT2D eigenvalue weighted by Crippen LogP contribution is -2.46. The molecule has 1 N–H and O–H groups in total. The van der Waals surface area contributed by atoms with E-state index in [-0.39, 0.29) is 29.4 Å². The molecule has 2 aromatic carbocycles. The molecule has 0 saturated carbocycles. The van der Waals surface area contributed by atoms with Crippen molar-refractivity contribution in [1.29, 1.82) is 0 Å². The minimum atomic E-state index is -4.57. The smallest absolute Gasteiger partial charge is 0.416 e. The first kappa shape index (κ1) is 20.3. The number of morpholine rings is 1. The zero-order valence-electron chi connectivity index (χ0n) is 16.4. The van der Waals surface area contributed by atoms with Gasteiger partial charge in [-0.1, -0.05) is 6.07 Å². The number of alkyl halides is 4. The van der Waals surface area contributed by atoms with Crippen LogP contribution in [-0.2, 0) is 26.9 Å². The second-order valence-electron chi connectivity index (χ2n) is 7.96. The number of nitrogens with one attached hydrogen (secondary N) is 1. The second kappa shape index (κ2) is 7.20. The van der Waals surface area contributed by atoms with Crippen molar-refractivity contribution in [2.75, 3.05) is 0 Å². The monoisotopic (exact) mass is 437 g/mol. The standard InChI is InChI=1S/C22H19F4NO4/c1-10(23)16-9-12(22(24,25)26)3-7-17(16)29-13-4-6-14-11(8-13)2-5-15(14)18-19(28)27-20-21(30-18)31-20/h3-4,6-10,15,18,20-21H,2,5H2,1H3,(H,27,28)/t10-,15+,18-,20?,21?/m0/s1. The van der Waals surface area contributed by atoms with Crippen LogP contribution in [0.15, 0.2) is 36.4 Å². The van der Waals surface area contributed by atoms with Crippen LogP contribution in [0.3, 0.4) is 0 Å². The van der Waals surface area contributed by atoms with Gasteiger partial charge in [-0.25, -0.2) is 4.39 Å². The highest BCUT2D eigenvalue weighted by Crippen LogP contribution is 2.43. The van der Waals surface area contributed by atoms with Crippen molar-refractivity contribution in [2.24, 2.45) is 0 Å². The number of carbonyl (C=O) groups is 1. The molecule has 3 aliphatic rings. The maximum Gasteiger partial charge on any atom is 0.416 e. The molecule has 5 rings (SSSR count). The van der Waals surface area contributed by atoms with Crippen molar-refractivity contribution in [1.82, 2.24) is 5.32 Å². The third-order valence-corrected chi connectivity index (χ3v) is 5.87. The Labute approximate surface area is 175 Å². The Kier molecular flexibility index (Phi) is 4.71. The lowest BCUT2D eigenvalue weighted by Gasteiger charge is -2.25. The predicted octanol–water partition coefficient (Wildman–Crippen LogP) is 4.76. The molecule has 1 aliphatic carbocycles. The maximum absolute atomic E-state index is 14.0. The Morgan fingerprint density at radius 2 is 1.97 bits per heavy atom. The predicted molar refractivity (Wildman–Crippen MR) is 100 cm³/mol. The fourth-order valence-corrected chi connectivity index (χ4v) is 4.27. The van der Waals surface area contributed by atoms with Crippen molar-refractivity contribution in [3.05, 3.63) is 58.7 Å². The Morgan fingerprint density at radius 3 is 2.71 bits per heavy atom. The van der Waals surface area contributed by atoms with Gasteiger partial charge in [0.25, 0.3) is 5.91 Å². The molecule has 2 saturated heterocycles. The molecule has 0 radical (unpaired) electrons. The second-order valence-corrected chi connectivity index (χ2v) is 7.96. The lowest BCUT2D eigenvalue weighted by atomic mass is 9.94. The van der Waals surface area contributed by atoms with E-state index in [1.807, 2.05) is 6.07 Å². The highest BCUT2D eigenvalue weighted by atomic mass is 19.4. The number of amides is 1. The van der Waals surface area contributed by atoms with Gasteiger partial charge in [0.1, 0.15) is 23.8 Å². The van der Waals surface area contributed by atoms with Crippen LogP contribution in [0.25, 0.3) is 0 Å². The van der Waals surface area contributed by atoms with Crippen LogP contribution in [0.5, 0.6) is 11.5 Å². The molecule has 2 aromatic rings. The van der Waals surface area contributed by atoms with Gasteiger partial charge in [0.15, 0.2) is 6.23 Å². The molecule has 2 fully saturated rings. The number of hydrogen-bond acceptors (Lipinski definition) is 4. The molecule has 164 valence electrons. The number of hydrogen-bond donors (Lipinski definition) is 1. The number of benzene rings is 2. The Balaban J connectivity index is 1.38.